The normalized spacial score (nSPS) is 19.5. The number of nitrogens with zero attached hydrogens (tertiary/aromatic N) is 4. The van der Waals surface area contributed by atoms with E-state index in [9.17, 15) is 14.7 Å². The van der Waals surface area contributed by atoms with Gasteiger partial charge in [-0.25, -0.2) is 4.68 Å². The molecule has 1 aliphatic heterocycles. The largest absolute Gasteiger partial charge is 0.497 e. The van der Waals surface area contributed by atoms with Crippen LogP contribution in [-0.4, -0.2) is 69.7 Å². The zero-order chi connectivity index (χ0) is 23.5. The number of hydrogen-bond acceptors (Lipinski definition) is 7. The molecule has 0 spiro atoms. The fourth-order valence-electron chi connectivity index (χ4n) is 3.86. The van der Waals surface area contributed by atoms with Crippen molar-refractivity contribution in [3.8, 4) is 11.5 Å². The summed E-state index contributed by atoms with van der Waals surface area (Å²) >= 11 is 0. The van der Waals surface area contributed by atoms with E-state index in [0.29, 0.717) is 17.2 Å². The number of rotatable bonds is 7. The number of carbonyl (C=O) groups excluding carboxylic acids is 2. The number of aromatic nitrogens is 3. The van der Waals surface area contributed by atoms with Crippen molar-refractivity contribution in [1.29, 1.82) is 0 Å². The van der Waals surface area contributed by atoms with Crippen LogP contribution < -0.4 is 14.8 Å². The summed E-state index contributed by atoms with van der Waals surface area (Å²) in [7, 11) is 3.10. The lowest BCUT2D eigenvalue weighted by atomic mass is 9.85. The molecule has 2 N–H and O–H groups in total. The minimum absolute atomic E-state index is 0.101. The molecule has 10 nitrogen and oxygen atoms in total. The van der Waals surface area contributed by atoms with Crippen molar-refractivity contribution >= 4 is 11.8 Å². The van der Waals surface area contributed by atoms with Crippen LogP contribution in [0.5, 0.6) is 11.5 Å². The van der Waals surface area contributed by atoms with Crippen LogP contribution in [0.3, 0.4) is 0 Å². The zero-order valence-electron chi connectivity index (χ0n) is 19.1. The predicted octanol–water partition coefficient (Wildman–Crippen LogP) is 1.16. The second-order valence-corrected chi connectivity index (χ2v) is 8.94. The number of β-amino-alcohol motifs (C(OH)–C–C–N with tert-alkyl or cyclic N) is 1. The summed E-state index contributed by atoms with van der Waals surface area (Å²) < 4.78 is 12.5. The summed E-state index contributed by atoms with van der Waals surface area (Å²) in [5.41, 5.74) is 0.0374. The second kappa shape index (κ2) is 9.56. The summed E-state index contributed by atoms with van der Waals surface area (Å²) in [6.45, 7) is 6.03. The molecule has 10 heteroatoms. The van der Waals surface area contributed by atoms with E-state index in [-0.39, 0.29) is 31.4 Å². The Bertz CT molecular complexity index is 954. The summed E-state index contributed by atoms with van der Waals surface area (Å²) in [5, 5.41) is 21.0. The van der Waals surface area contributed by atoms with Gasteiger partial charge in [-0.1, -0.05) is 32.1 Å². The molecule has 1 fully saturated rings. The standard InChI is InChI=1S/C22H31N5O5/c1-22(2,3)19(21(30)26-12-15(28)9-18(26)20(29)23-4)27-11-14(24-25-27)13-32-17-8-6-7-16(10-17)31-5/h6-8,10-11,15,18-19,28H,9,12-13H2,1-5H3,(H,23,29)/t15?,18-,19?/m1/s1. The molecule has 2 aromatic rings. The number of benzene rings is 1. The minimum Gasteiger partial charge on any atom is -0.497 e. The Morgan fingerprint density at radius 3 is 2.69 bits per heavy atom. The van der Waals surface area contributed by atoms with Gasteiger partial charge in [0.15, 0.2) is 0 Å². The molecular weight excluding hydrogens is 414 g/mol. The Hall–Kier alpha value is -3.14. The summed E-state index contributed by atoms with van der Waals surface area (Å²) in [6.07, 6.45) is 1.14. The zero-order valence-corrected chi connectivity index (χ0v) is 19.1. The Labute approximate surface area is 187 Å². The monoisotopic (exact) mass is 445 g/mol. The third-order valence-electron chi connectivity index (χ3n) is 5.42. The molecule has 174 valence electrons. The topological polar surface area (TPSA) is 119 Å². The number of ether oxygens (including phenoxy) is 2. The summed E-state index contributed by atoms with van der Waals surface area (Å²) in [5.74, 6) is 0.728. The van der Waals surface area contributed by atoms with Gasteiger partial charge in [-0.15, -0.1) is 5.10 Å². The van der Waals surface area contributed by atoms with Crippen LogP contribution in [0.4, 0.5) is 0 Å². The molecule has 0 radical (unpaired) electrons. The van der Waals surface area contributed by atoms with Crippen molar-refractivity contribution in [3.63, 3.8) is 0 Å². The summed E-state index contributed by atoms with van der Waals surface area (Å²) in [6, 6.07) is 5.80. The number of nitrogens with one attached hydrogen (secondary N) is 1. The maximum absolute atomic E-state index is 13.5. The SMILES string of the molecule is CNC(=O)[C@H]1CC(O)CN1C(=O)C(n1cc(COc2cccc(OC)c2)nn1)C(C)(C)C. The van der Waals surface area contributed by atoms with Crippen LogP contribution in [0.2, 0.25) is 0 Å². The highest BCUT2D eigenvalue weighted by Crippen LogP contribution is 2.34. The number of carbonyl (C=O) groups is 2. The van der Waals surface area contributed by atoms with Crippen molar-refractivity contribution in [3.05, 3.63) is 36.2 Å². The van der Waals surface area contributed by atoms with E-state index in [0.717, 1.165) is 0 Å². The van der Waals surface area contributed by atoms with Gasteiger partial charge in [-0.3, -0.25) is 9.59 Å². The van der Waals surface area contributed by atoms with E-state index in [4.69, 9.17) is 9.47 Å². The van der Waals surface area contributed by atoms with Gasteiger partial charge in [0.25, 0.3) is 0 Å². The van der Waals surface area contributed by atoms with Gasteiger partial charge in [0.05, 0.1) is 19.4 Å². The molecule has 2 heterocycles. The van der Waals surface area contributed by atoms with Crippen LogP contribution in [0.1, 0.15) is 38.9 Å². The molecule has 0 bridgehead atoms. The molecule has 3 atom stereocenters. The van der Waals surface area contributed by atoms with Crippen molar-refractivity contribution in [1.82, 2.24) is 25.2 Å². The number of aliphatic hydroxyl groups is 1. The van der Waals surface area contributed by atoms with Crippen LogP contribution in [0.25, 0.3) is 0 Å². The molecule has 1 aromatic heterocycles. The average molecular weight is 446 g/mol. The van der Waals surface area contributed by atoms with Crippen LogP contribution >= 0.6 is 0 Å². The number of likely N-dealkylation sites (N-methyl/N-ethyl adjacent to an activating group) is 1. The molecule has 0 saturated carbocycles. The number of aliphatic hydroxyl groups excluding tert-OH is 1. The molecule has 1 aromatic carbocycles. The lowest BCUT2D eigenvalue weighted by molar-refractivity contribution is -0.144. The van der Waals surface area contributed by atoms with Crippen LogP contribution in [0.15, 0.2) is 30.5 Å². The van der Waals surface area contributed by atoms with E-state index >= 15 is 0 Å². The maximum Gasteiger partial charge on any atom is 0.248 e. The predicted molar refractivity (Wildman–Crippen MR) is 116 cm³/mol. The maximum atomic E-state index is 13.5. The van der Waals surface area contributed by atoms with Gasteiger partial charge in [-0.05, 0) is 17.5 Å². The first-order valence-corrected chi connectivity index (χ1v) is 10.5. The highest BCUT2D eigenvalue weighted by molar-refractivity contribution is 5.90. The van der Waals surface area contributed by atoms with E-state index in [1.54, 1.807) is 19.4 Å². The van der Waals surface area contributed by atoms with Crippen LogP contribution in [-0.2, 0) is 16.2 Å². The average Bonchev–Trinajstić information content (AvgIpc) is 3.37. The lowest BCUT2D eigenvalue weighted by Crippen LogP contribution is -2.49. The van der Waals surface area contributed by atoms with Gasteiger partial charge in [0.2, 0.25) is 11.8 Å². The second-order valence-electron chi connectivity index (χ2n) is 8.94. The van der Waals surface area contributed by atoms with Crippen molar-refractivity contribution < 1.29 is 24.2 Å². The lowest BCUT2D eigenvalue weighted by Gasteiger charge is -2.34. The fraction of sp³-hybridized carbons (Fsp3) is 0.545. The molecule has 2 amide bonds. The van der Waals surface area contributed by atoms with Crippen molar-refractivity contribution in [2.24, 2.45) is 5.41 Å². The van der Waals surface area contributed by atoms with Gasteiger partial charge in [-0.2, -0.15) is 0 Å². The molecule has 1 saturated heterocycles. The fourth-order valence-corrected chi connectivity index (χ4v) is 3.86. The number of likely N-dealkylation sites (tertiary alicyclic amines) is 1. The molecule has 2 unspecified atom stereocenters. The Morgan fingerprint density at radius 1 is 1.31 bits per heavy atom. The van der Waals surface area contributed by atoms with Gasteiger partial charge < -0.3 is 24.8 Å². The highest BCUT2D eigenvalue weighted by atomic mass is 16.5. The number of methoxy groups -OCH3 is 1. The number of hydrogen-bond donors (Lipinski definition) is 2. The van der Waals surface area contributed by atoms with E-state index < -0.39 is 23.6 Å². The summed E-state index contributed by atoms with van der Waals surface area (Å²) in [4.78, 5) is 27.2. The molecule has 3 rings (SSSR count). The van der Waals surface area contributed by atoms with Crippen LogP contribution in [0, 0.1) is 5.41 Å². The molecule has 1 aliphatic rings. The molecule has 0 aliphatic carbocycles. The van der Waals surface area contributed by atoms with E-state index in [1.807, 2.05) is 39.0 Å². The Kier molecular flexibility index (Phi) is 7.02. The third kappa shape index (κ3) is 5.18. The highest BCUT2D eigenvalue weighted by Gasteiger charge is 2.44. The first-order chi connectivity index (χ1) is 15.1. The first-order valence-electron chi connectivity index (χ1n) is 10.5. The third-order valence-corrected chi connectivity index (χ3v) is 5.42. The van der Waals surface area contributed by atoms with Gasteiger partial charge >= 0.3 is 0 Å². The molecule has 32 heavy (non-hydrogen) atoms. The van der Waals surface area contributed by atoms with Crippen molar-refractivity contribution in [2.75, 3.05) is 20.7 Å². The van der Waals surface area contributed by atoms with E-state index in [1.165, 1.54) is 16.6 Å². The minimum atomic E-state index is -0.746. The number of amides is 2. The first kappa shape index (κ1) is 23.5. The molecular formula is C22H31N5O5. The van der Waals surface area contributed by atoms with Crippen molar-refractivity contribution in [2.45, 2.75) is 52.0 Å². The van der Waals surface area contributed by atoms with E-state index in [2.05, 4.69) is 15.6 Å². The Morgan fingerprint density at radius 2 is 2.03 bits per heavy atom. The quantitative estimate of drug-likeness (QED) is 0.656. The smallest absolute Gasteiger partial charge is 0.248 e. The van der Waals surface area contributed by atoms with Gasteiger partial charge in [0, 0.05) is 26.1 Å². The van der Waals surface area contributed by atoms with Gasteiger partial charge in [0.1, 0.15) is 35.9 Å². The Balaban J connectivity index is 1.79.